The van der Waals surface area contributed by atoms with Crippen LogP contribution in [0.25, 0.3) is 10.2 Å². The van der Waals surface area contributed by atoms with Gasteiger partial charge in [0.2, 0.25) is 0 Å². The fourth-order valence-corrected chi connectivity index (χ4v) is 3.52. The summed E-state index contributed by atoms with van der Waals surface area (Å²) in [6.07, 6.45) is 0. The van der Waals surface area contributed by atoms with Crippen molar-refractivity contribution in [3.63, 3.8) is 0 Å². The molecule has 6 nitrogen and oxygen atoms in total. The SMILES string of the molecule is Cc1ccc(C(=O)Nc2n[nH]c3sc(C(=O)Nc4ccccc4)cc23)cc1. The van der Waals surface area contributed by atoms with Crippen LogP contribution < -0.4 is 10.6 Å². The minimum absolute atomic E-state index is 0.202. The van der Waals surface area contributed by atoms with Crippen molar-refractivity contribution in [1.82, 2.24) is 10.2 Å². The van der Waals surface area contributed by atoms with Crippen LogP contribution in [0.3, 0.4) is 0 Å². The zero-order chi connectivity index (χ0) is 18.8. The van der Waals surface area contributed by atoms with Crippen LogP contribution in [-0.2, 0) is 0 Å². The van der Waals surface area contributed by atoms with E-state index in [1.54, 1.807) is 18.2 Å². The summed E-state index contributed by atoms with van der Waals surface area (Å²) in [5.41, 5.74) is 2.36. The van der Waals surface area contributed by atoms with Crippen molar-refractivity contribution in [2.75, 3.05) is 10.6 Å². The number of nitrogens with zero attached hydrogens (tertiary/aromatic N) is 1. The Kier molecular flexibility index (Phi) is 4.43. The van der Waals surface area contributed by atoms with E-state index >= 15 is 0 Å². The molecule has 0 aliphatic carbocycles. The van der Waals surface area contributed by atoms with Gasteiger partial charge in [-0.05, 0) is 37.3 Å². The van der Waals surface area contributed by atoms with Gasteiger partial charge in [-0.1, -0.05) is 35.9 Å². The Bertz CT molecular complexity index is 1110. The number of hydrogen-bond acceptors (Lipinski definition) is 4. The maximum Gasteiger partial charge on any atom is 0.265 e. The third kappa shape index (κ3) is 3.58. The molecule has 0 aliphatic rings. The van der Waals surface area contributed by atoms with Gasteiger partial charge in [-0.15, -0.1) is 11.3 Å². The van der Waals surface area contributed by atoms with Crippen LogP contribution >= 0.6 is 11.3 Å². The normalized spacial score (nSPS) is 10.7. The van der Waals surface area contributed by atoms with Crippen molar-refractivity contribution in [3.05, 3.63) is 76.7 Å². The van der Waals surface area contributed by atoms with Crippen LogP contribution in [-0.4, -0.2) is 22.0 Å². The number of benzene rings is 2. The molecular formula is C20H16N4O2S. The molecule has 2 aromatic carbocycles. The number of carbonyl (C=O) groups excluding carboxylic acids is 2. The molecule has 2 heterocycles. The Morgan fingerprint density at radius 2 is 1.70 bits per heavy atom. The maximum absolute atomic E-state index is 12.4. The average Bonchev–Trinajstić information content (AvgIpc) is 3.25. The minimum Gasteiger partial charge on any atom is -0.321 e. The Morgan fingerprint density at radius 3 is 2.44 bits per heavy atom. The maximum atomic E-state index is 12.4. The van der Waals surface area contributed by atoms with E-state index in [-0.39, 0.29) is 11.8 Å². The molecule has 0 aliphatic heterocycles. The summed E-state index contributed by atoms with van der Waals surface area (Å²) in [5.74, 6) is -0.0397. The third-order valence-corrected chi connectivity index (χ3v) is 5.10. The van der Waals surface area contributed by atoms with Crippen molar-refractivity contribution in [3.8, 4) is 0 Å². The summed E-state index contributed by atoms with van der Waals surface area (Å²) >= 11 is 1.29. The summed E-state index contributed by atoms with van der Waals surface area (Å²) in [6, 6.07) is 18.3. The second-order valence-electron chi connectivity index (χ2n) is 6.07. The number of thiophene rings is 1. The number of rotatable bonds is 4. The lowest BCUT2D eigenvalue weighted by Crippen LogP contribution is -2.12. The first-order chi connectivity index (χ1) is 13.1. The highest BCUT2D eigenvalue weighted by atomic mass is 32.1. The van der Waals surface area contributed by atoms with Gasteiger partial charge in [-0.3, -0.25) is 14.7 Å². The number of para-hydroxylation sites is 1. The predicted molar refractivity (Wildman–Crippen MR) is 107 cm³/mol. The Hall–Kier alpha value is -3.45. The zero-order valence-electron chi connectivity index (χ0n) is 14.4. The molecule has 4 aromatic rings. The molecule has 0 saturated carbocycles. The van der Waals surface area contributed by atoms with Crippen molar-refractivity contribution < 1.29 is 9.59 Å². The van der Waals surface area contributed by atoms with Crippen molar-refractivity contribution in [2.24, 2.45) is 0 Å². The minimum atomic E-state index is -0.245. The number of aromatic nitrogens is 2. The van der Waals surface area contributed by atoms with E-state index in [0.29, 0.717) is 21.6 Å². The summed E-state index contributed by atoms with van der Waals surface area (Å²) in [4.78, 5) is 26.1. The van der Waals surface area contributed by atoms with E-state index in [4.69, 9.17) is 0 Å². The molecule has 27 heavy (non-hydrogen) atoms. The number of amides is 2. The first kappa shape index (κ1) is 17.0. The smallest absolute Gasteiger partial charge is 0.265 e. The lowest BCUT2D eigenvalue weighted by molar-refractivity contribution is 0.102. The highest BCUT2D eigenvalue weighted by Crippen LogP contribution is 2.30. The lowest BCUT2D eigenvalue weighted by Gasteiger charge is -2.03. The fourth-order valence-electron chi connectivity index (χ4n) is 2.62. The van der Waals surface area contributed by atoms with Crippen LogP contribution in [0.15, 0.2) is 60.7 Å². The number of nitrogens with one attached hydrogen (secondary N) is 3. The third-order valence-electron chi connectivity index (χ3n) is 4.06. The van der Waals surface area contributed by atoms with Gasteiger partial charge in [0.1, 0.15) is 4.83 Å². The molecule has 134 valence electrons. The summed E-state index contributed by atoms with van der Waals surface area (Å²) in [5, 5.41) is 13.4. The summed E-state index contributed by atoms with van der Waals surface area (Å²) in [7, 11) is 0. The van der Waals surface area contributed by atoms with Crippen molar-refractivity contribution >= 4 is 44.9 Å². The molecule has 2 aromatic heterocycles. The van der Waals surface area contributed by atoms with Crippen LogP contribution in [0.1, 0.15) is 25.6 Å². The molecule has 7 heteroatoms. The van der Waals surface area contributed by atoms with E-state index < -0.39 is 0 Å². The van der Waals surface area contributed by atoms with E-state index in [1.807, 2.05) is 49.4 Å². The molecule has 0 atom stereocenters. The summed E-state index contributed by atoms with van der Waals surface area (Å²) < 4.78 is 0. The predicted octanol–water partition coefficient (Wildman–Crippen LogP) is 4.44. The highest BCUT2D eigenvalue weighted by molar-refractivity contribution is 7.20. The fraction of sp³-hybridized carbons (Fsp3) is 0.0500. The molecule has 0 bridgehead atoms. The Labute approximate surface area is 159 Å². The van der Waals surface area contributed by atoms with E-state index in [0.717, 1.165) is 16.1 Å². The van der Waals surface area contributed by atoms with Gasteiger partial charge in [0, 0.05) is 11.3 Å². The van der Waals surface area contributed by atoms with Gasteiger partial charge in [0.05, 0.1) is 10.3 Å². The molecule has 0 unspecified atom stereocenters. The Morgan fingerprint density at radius 1 is 0.963 bits per heavy atom. The molecule has 3 N–H and O–H groups in total. The number of fused-ring (bicyclic) bond motifs is 1. The van der Waals surface area contributed by atoms with Gasteiger partial charge < -0.3 is 10.6 Å². The lowest BCUT2D eigenvalue weighted by atomic mass is 10.1. The van der Waals surface area contributed by atoms with E-state index in [9.17, 15) is 9.59 Å². The van der Waals surface area contributed by atoms with Gasteiger partial charge in [0.15, 0.2) is 5.82 Å². The number of hydrogen-bond donors (Lipinski definition) is 3. The van der Waals surface area contributed by atoms with Crippen molar-refractivity contribution in [1.29, 1.82) is 0 Å². The average molecular weight is 376 g/mol. The van der Waals surface area contributed by atoms with Crippen molar-refractivity contribution in [2.45, 2.75) is 6.92 Å². The topological polar surface area (TPSA) is 86.9 Å². The summed E-state index contributed by atoms with van der Waals surface area (Å²) in [6.45, 7) is 1.96. The zero-order valence-corrected chi connectivity index (χ0v) is 15.3. The second-order valence-corrected chi connectivity index (χ2v) is 7.12. The second kappa shape index (κ2) is 7.05. The molecular weight excluding hydrogens is 360 g/mol. The van der Waals surface area contributed by atoms with Crippen LogP contribution in [0.5, 0.6) is 0 Å². The number of H-pyrrole nitrogens is 1. The molecule has 0 fully saturated rings. The first-order valence-corrected chi connectivity index (χ1v) is 9.14. The van der Waals surface area contributed by atoms with Crippen LogP contribution in [0, 0.1) is 6.92 Å². The van der Waals surface area contributed by atoms with Gasteiger partial charge in [-0.2, -0.15) is 5.10 Å². The first-order valence-electron chi connectivity index (χ1n) is 8.32. The largest absolute Gasteiger partial charge is 0.321 e. The monoisotopic (exact) mass is 376 g/mol. The standard InChI is InChI=1S/C20H16N4O2S/c1-12-7-9-13(10-8-12)18(25)22-17-15-11-16(27-20(15)24-23-17)19(26)21-14-5-3-2-4-6-14/h2-11H,1H3,(H,21,26)(H2,22,23,24,25). The van der Waals surface area contributed by atoms with Gasteiger partial charge in [-0.25, -0.2) is 0 Å². The van der Waals surface area contributed by atoms with E-state index in [1.165, 1.54) is 11.3 Å². The van der Waals surface area contributed by atoms with Gasteiger partial charge >= 0.3 is 0 Å². The van der Waals surface area contributed by atoms with Crippen LogP contribution in [0.2, 0.25) is 0 Å². The number of carbonyl (C=O) groups is 2. The number of aryl methyl sites for hydroxylation is 1. The highest BCUT2D eigenvalue weighted by Gasteiger charge is 2.17. The molecule has 0 radical (unpaired) electrons. The Balaban J connectivity index is 1.54. The molecule has 0 spiro atoms. The molecule has 2 amide bonds. The number of anilines is 2. The van der Waals surface area contributed by atoms with Crippen LogP contribution in [0.4, 0.5) is 11.5 Å². The van der Waals surface area contributed by atoms with Gasteiger partial charge in [0.25, 0.3) is 11.8 Å². The number of aromatic amines is 1. The molecule has 4 rings (SSSR count). The quantitative estimate of drug-likeness (QED) is 0.492. The molecule has 0 saturated heterocycles. The van der Waals surface area contributed by atoms with E-state index in [2.05, 4.69) is 20.8 Å².